The van der Waals surface area contributed by atoms with Gasteiger partial charge in [-0.25, -0.2) is 0 Å². The molecular weight excluding hydrogens is 254 g/mol. The Kier molecular flexibility index (Phi) is 3.89. The van der Waals surface area contributed by atoms with E-state index in [4.69, 9.17) is 9.15 Å². The van der Waals surface area contributed by atoms with E-state index in [1.54, 1.807) is 0 Å². The molecular formula is C15H21N3O2. The number of ether oxygens (including phenoxy) is 1. The van der Waals surface area contributed by atoms with Crippen LogP contribution in [0.5, 0.6) is 0 Å². The fourth-order valence-corrected chi connectivity index (χ4v) is 2.59. The van der Waals surface area contributed by atoms with Crippen LogP contribution in [0.3, 0.4) is 0 Å². The molecule has 0 amide bonds. The number of hydrogen-bond donors (Lipinski definition) is 2. The monoisotopic (exact) mass is 275 g/mol. The van der Waals surface area contributed by atoms with Gasteiger partial charge in [-0.15, -0.1) is 0 Å². The predicted molar refractivity (Wildman–Crippen MR) is 76.3 cm³/mol. The summed E-state index contributed by atoms with van der Waals surface area (Å²) in [6.45, 7) is 5.60. The van der Waals surface area contributed by atoms with Crippen molar-refractivity contribution in [3.63, 3.8) is 0 Å². The Bertz CT molecular complexity index is 555. The third kappa shape index (κ3) is 2.78. The highest BCUT2D eigenvalue weighted by atomic mass is 16.5. The summed E-state index contributed by atoms with van der Waals surface area (Å²) in [5, 5.41) is 10.7. The lowest BCUT2D eigenvalue weighted by atomic mass is 9.89. The average molecular weight is 275 g/mol. The van der Waals surface area contributed by atoms with Crippen LogP contribution in [0.4, 0.5) is 0 Å². The van der Waals surface area contributed by atoms with Gasteiger partial charge in [0, 0.05) is 24.8 Å². The highest BCUT2D eigenvalue weighted by molar-refractivity contribution is 5.56. The highest BCUT2D eigenvalue weighted by Gasteiger charge is 2.29. The Morgan fingerprint density at radius 1 is 1.45 bits per heavy atom. The molecule has 0 radical (unpaired) electrons. The number of hydrogen-bond acceptors (Lipinski definition) is 4. The fraction of sp³-hybridized carbons (Fsp3) is 0.533. The van der Waals surface area contributed by atoms with Gasteiger partial charge in [-0.3, -0.25) is 5.10 Å². The van der Waals surface area contributed by atoms with Crippen molar-refractivity contribution >= 4 is 0 Å². The maximum atomic E-state index is 5.65. The molecule has 5 nitrogen and oxygen atoms in total. The zero-order valence-corrected chi connectivity index (χ0v) is 12.0. The molecule has 1 saturated carbocycles. The van der Waals surface area contributed by atoms with Gasteiger partial charge in [0.2, 0.25) is 0 Å². The number of furan rings is 1. The molecule has 5 heteroatoms. The second kappa shape index (κ2) is 5.81. The van der Waals surface area contributed by atoms with Crippen LogP contribution in [0, 0.1) is 6.92 Å². The van der Waals surface area contributed by atoms with Gasteiger partial charge < -0.3 is 14.5 Å². The first-order valence-corrected chi connectivity index (χ1v) is 7.20. The minimum atomic E-state index is 0.439. The number of nitrogens with zero attached hydrogens (tertiary/aromatic N) is 1. The van der Waals surface area contributed by atoms with E-state index in [1.807, 2.05) is 32.2 Å². The number of aromatic nitrogens is 2. The number of H-pyrrole nitrogens is 1. The molecule has 1 aliphatic carbocycles. The van der Waals surface area contributed by atoms with Crippen LogP contribution >= 0.6 is 0 Å². The molecule has 0 spiro atoms. The van der Waals surface area contributed by atoms with Gasteiger partial charge in [-0.05, 0) is 38.8 Å². The van der Waals surface area contributed by atoms with Crippen molar-refractivity contribution in [1.29, 1.82) is 0 Å². The van der Waals surface area contributed by atoms with Gasteiger partial charge in [0.25, 0.3) is 0 Å². The van der Waals surface area contributed by atoms with Gasteiger partial charge in [-0.2, -0.15) is 5.10 Å². The highest BCUT2D eigenvalue weighted by Crippen LogP contribution is 2.26. The van der Waals surface area contributed by atoms with E-state index in [1.165, 1.54) is 0 Å². The second-order valence-electron chi connectivity index (χ2n) is 5.31. The van der Waals surface area contributed by atoms with Crippen LogP contribution in [0.15, 0.2) is 22.7 Å². The summed E-state index contributed by atoms with van der Waals surface area (Å²) in [6, 6.07) is 4.49. The molecule has 0 atom stereocenters. The van der Waals surface area contributed by atoms with Gasteiger partial charge in [0.1, 0.15) is 11.5 Å². The summed E-state index contributed by atoms with van der Waals surface area (Å²) in [5.41, 5.74) is 2.10. The van der Waals surface area contributed by atoms with Crippen molar-refractivity contribution in [3.05, 3.63) is 29.7 Å². The Labute approximate surface area is 118 Å². The van der Waals surface area contributed by atoms with E-state index in [-0.39, 0.29) is 0 Å². The van der Waals surface area contributed by atoms with Crippen molar-refractivity contribution in [2.75, 3.05) is 6.61 Å². The molecule has 0 aliphatic heterocycles. The Balaban J connectivity index is 1.56. The molecule has 20 heavy (non-hydrogen) atoms. The Morgan fingerprint density at radius 2 is 2.30 bits per heavy atom. The van der Waals surface area contributed by atoms with Gasteiger partial charge in [0.05, 0.1) is 12.3 Å². The number of rotatable bonds is 6. The quantitative estimate of drug-likeness (QED) is 0.850. The zero-order valence-electron chi connectivity index (χ0n) is 12.0. The van der Waals surface area contributed by atoms with E-state index in [9.17, 15) is 0 Å². The topological polar surface area (TPSA) is 63.1 Å². The molecule has 3 rings (SSSR count). The van der Waals surface area contributed by atoms with Crippen LogP contribution in [0.25, 0.3) is 11.5 Å². The maximum absolute atomic E-state index is 5.65. The Hall–Kier alpha value is -1.59. The molecule has 108 valence electrons. The molecule has 2 aromatic heterocycles. The minimum absolute atomic E-state index is 0.439. The van der Waals surface area contributed by atoms with Gasteiger partial charge >= 0.3 is 0 Å². The van der Waals surface area contributed by atoms with Crippen LogP contribution in [-0.4, -0.2) is 29.0 Å². The first-order chi connectivity index (χ1) is 9.76. The SMILES string of the molecule is CCOC1CC(NCc2cn[nH]c2-c2ccc(C)o2)C1. The third-order valence-electron chi connectivity index (χ3n) is 3.78. The lowest BCUT2D eigenvalue weighted by Crippen LogP contribution is -2.45. The number of aromatic amines is 1. The van der Waals surface area contributed by atoms with Crippen molar-refractivity contribution in [3.8, 4) is 11.5 Å². The van der Waals surface area contributed by atoms with Crippen LogP contribution in [-0.2, 0) is 11.3 Å². The van der Waals surface area contributed by atoms with E-state index in [0.29, 0.717) is 12.1 Å². The summed E-state index contributed by atoms with van der Waals surface area (Å²) in [6.07, 6.45) is 4.50. The summed E-state index contributed by atoms with van der Waals surface area (Å²) in [7, 11) is 0. The summed E-state index contributed by atoms with van der Waals surface area (Å²) in [5.74, 6) is 1.75. The smallest absolute Gasteiger partial charge is 0.152 e. The molecule has 0 aromatic carbocycles. The van der Waals surface area contributed by atoms with Crippen LogP contribution in [0.2, 0.25) is 0 Å². The normalized spacial score (nSPS) is 21.9. The molecule has 2 heterocycles. The first kappa shape index (κ1) is 13.4. The van der Waals surface area contributed by atoms with Gasteiger partial charge in [-0.1, -0.05) is 0 Å². The predicted octanol–water partition coefficient (Wildman–Crippen LogP) is 2.64. The Morgan fingerprint density at radius 3 is 3.00 bits per heavy atom. The lowest BCUT2D eigenvalue weighted by molar-refractivity contribution is -0.0102. The largest absolute Gasteiger partial charge is 0.460 e. The second-order valence-corrected chi connectivity index (χ2v) is 5.31. The summed E-state index contributed by atoms with van der Waals surface area (Å²) < 4.78 is 11.2. The fourth-order valence-electron chi connectivity index (χ4n) is 2.59. The molecule has 1 aliphatic rings. The van der Waals surface area contributed by atoms with Crippen LogP contribution in [0.1, 0.15) is 31.1 Å². The van der Waals surface area contributed by atoms with E-state index >= 15 is 0 Å². The molecule has 2 N–H and O–H groups in total. The molecule has 0 unspecified atom stereocenters. The van der Waals surface area contributed by atoms with Crippen molar-refractivity contribution < 1.29 is 9.15 Å². The van der Waals surface area contributed by atoms with E-state index < -0.39 is 0 Å². The van der Waals surface area contributed by atoms with Crippen molar-refractivity contribution in [1.82, 2.24) is 15.5 Å². The number of aryl methyl sites for hydroxylation is 1. The maximum Gasteiger partial charge on any atom is 0.152 e. The zero-order chi connectivity index (χ0) is 13.9. The molecule has 1 fully saturated rings. The summed E-state index contributed by atoms with van der Waals surface area (Å²) in [4.78, 5) is 0. The number of nitrogens with one attached hydrogen (secondary N) is 2. The van der Waals surface area contributed by atoms with Crippen LogP contribution < -0.4 is 5.32 Å². The minimum Gasteiger partial charge on any atom is -0.460 e. The average Bonchev–Trinajstić information content (AvgIpc) is 3.00. The van der Waals surface area contributed by atoms with Crippen molar-refractivity contribution in [2.45, 2.75) is 45.4 Å². The third-order valence-corrected chi connectivity index (χ3v) is 3.78. The first-order valence-electron chi connectivity index (χ1n) is 7.20. The molecule has 2 aromatic rings. The van der Waals surface area contributed by atoms with Gasteiger partial charge in [0.15, 0.2) is 5.76 Å². The molecule has 0 saturated heterocycles. The van der Waals surface area contributed by atoms with Crippen molar-refractivity contribution in [2.24, 2.45) is 0 Å². The summed E-state index contributed by atoms with van der Waals surface area (Å²) >= 11 is 0. The van der Waals surface area contributed by atoms with E-state index in [0.717, 1.165) is 48.8 Å². The molecule has 0 bridgehead atoms. The lowest BCUT2D eigenvalue weighted by Gasteiger charge is -2.35. The standard InChI is InChI=1S/C15H21N3O2/c1-3-19-13-6-12(7-13)16-8-11-9-17-18-15(11)14-5-4-10(2)20-14/h4-5,9,12-13,16H,3,6-8H2,1-2H3,(H,17,18). The van der Waals surface area contributed by atoms with E-state index in [2.05, 4.69) is 15.5 Å².